The van der Waals surface area contributed by atoms with Crippen molar-refractivity contribution in [3.05, 3.63) is 12.7 Å². The van der Waals surface area contributed by atoms with Crippen molar-refractivity contribution in [1.29, 1.82) is 0 Å². The lowest BCUT2D eigenvalue weighted by atomic mass is 10.1. The lowest BCUT2D eigenvalue weighted by Crippen LogP contribution is -2.42. The maximum atomic E-state index is 11.2. The van der Waals surface area contributed by atoms with Gasteiger partial charge in [-0.1, -0.05) is 6.58 Å². The molecule has 0 spiro atoms. The Morgan fingerprint density at radius 3 is 2.75 bits per heavy atom. The lowest BCUT2D eigenvalue weighted by Gasteiger charge is -2.25. The van der Waals surface area contributed by atoms with Crippen LogP contribution in [0.5, 0.6) is 0 Å². The fourth-order valence-corrected chi connectivity index (χ4v) is 1.46. The van der Waals surface area contributed by atoms with E-state index in [2.05, 4.69) is 6.58 Å². The zero-order chi connectivity index (χ0) is 9.14. The molecule has 0 radical (unpaired) electrons. The first-order valence-corrected chi connectivity index (χ1v) is 4.30. The molecule has 3 heteroatoms. The molecular weight excluding hydrogens is 152 g/mol. The quantitative estimate of drug-likeness (QED) is 0.616. The Morgan fingerprint density at radius 1 is 1.83 bits per heavy atom. The number of hydrogen-bond donors (Lipinski definition) is 1. The van der Waals surface area contributed by atoms with Crippen molar-refractivity contribution >= 4 is 5.91 Å². The summed E-state index contributed by atoms with van der Waals surface area (Å²) in [6, 6.07) is 0.218. The van der Waals surface area contributed by atoms with Gasteiger partial charge in [0, 0.05) is 19.6 Å². The Labute approximate surface area is 73.2 Å². The maximum absolute atomic E-state index is 11.2. The largest absolute Gasteiger partial charge is 0.338 e. The molecule has 0 aromatic heterocycles. The van der Waals surface area contributed by atoms with Crippen LogP contribution < -0.4 is 5.73 Å². The standard InChI is InChI=1S/C9H16N2O/c1-3-9(12)11(2)8(6-10)7-4-5-7/h3,7-8H,1,4-6,10H2,2H3. The highest BCUT2D eigenvalue weighted by Gasteiger charge is 2.33. The first kappa shape index (κ1) is 9.26. The summed E-state index contributed by atoms with van der Waals surface area (Å²) >= 11 is 0. The Morgan fingerprint density at radius 2 is 2.42 bits per heavy atom. The minimum absolute atomic E-state index is 0.0302. The van der Waals surface area contributed by atoms with Crippen LogP contribution in [0.3, 0.4) is 0 Å². The molecular formula is C9H16N2O. The average Bonchev–Trinajstić information content (AvgIpc) is 2.88. The molecule has 0 aromatic carbocycles. The molecule has 1 amide bonds. The predicted octanol–water partition coefficient (Wildman–Crippen LogP) is 0.368. The zero-order valence-corrected chi connectivity index (χ0v) is 7.49. The molecule has 1 fully saturated rings. The van der Waals surface area contributed by atoms with E-state index < -0.39 is 0 Å². The summed E-state index contributed by atoms with van der Waals surface area (Å²) in [7, 11) is 1.79. The van der Waals surface area contributed by atoms with Crippen LogP contribution in [-0.2, 0) is 4.79 Å². The van der Waals surface area contributed by atoms with Gasteiger partial charge in [0.05, 0.1) is 0 Å². The van der Waals surface area contributed by atoms with Crippen molar-refractivity contribution in [2.45, 2.75) is 18.9 Å². The summed E-state index contributed by atoms with van der Waals surface area (Å²) in [5, 5.41) is 0. The Balaban J connectivity index is 2.51. The number of amides is 1. The minimum atomic E-state index is -0.0302. The van der Waals surface area contributed by atoms with Gasteiger partial charge in [0.1, 0.15) is 0 Å². The summed E-state index contributed by atoms with van der Waals surface area (Å²) in [6.45, 7) is 4.00. The van der Waals surface area contributed by atoms with Crippen molar-refractivity contribution in [3.63, 3.8) is 0 Å². The highest BCUT2D eigenvalue weighted by molar-refractivity contribution is 5.87. The van der Waals surface area contributed by atoms with E-state index in [4.69, 9.17) is 5.73 Å². The van der Waals surface area contributed by atoms with Gasteiger partial charge in [-0.05, 0) is 24.8 Å². The summed E-state index contributed by atoms with van der Waals surface area (Å²) in [6.07, 6.45) is 3.75. The molecule has 0 aromatic rings. The molecule has 1 unspecified atom stereocenters. The van der Waals surface area contributed by atoms with Crippen LogP contribution in [0.2, 0.25) is 0 Å². The molecule has 0 saturated heterocycles. The van der Waals surface area contributed by atoms with Crippen LogP contribution in [0.4, 0.5) is 0 Å². The fourth-order valence-electron chi connectivity index (χ4n) is 1.46. The van der Waals surface area contributed by atoms with Crippen LogP contribution in [-0.4, -0.2) is 30.4 Å². The third-order valence-corrected chi connectivity index (χ3v) is 2.43. The molecule has 0 aliphatic heterocycles. The minimum Gasteiger partial charge on any atom is -0.338 e. The smallest absolute Gasteiger partial charge is 0.245 e. The molecule has 1 saturated carbocycles. The molecule has 3 nitrogen and oxygen atoms in total. The van der Waals surface area contributed by atoms with Crippen LogP contribution >= 0.6 is 0 Å². The highest BCUT2D eigenvalue weighted by atomic mass is 16.2. The zero-order valence-electron chi connectivity index (χ0n) is 7.49. The number of carbonyl (C=O) groups excluding carboxylic acids is 1. The number of likely N-dealkylation sites (N-methyl/N-ethyl adjacent to an activating group) is 1. The van der Waals surface area contributed by atoms with E-state index in [0.717, 1.165) is 0 Å². The molecule has 0 heterocycles. The molecule has 1 aliphatic rings. The van der Waals surface area contributed by atoms with E-state index in [0.29, 0.717) is 12.5 Å². The van der Waals surface area contributed by atoms with E-state index in [-0.39, 0.29) is 11.9 Å². The summed E-state index contributed by atoms with van der Waals surface area (Å²) in [4.78, 5) is 12.9. The van der Waals surface area contributed by atoms with Gasteiger partial charge in [0.15, 0.2) is 0 Å². The second-order valence-electron chi connectivity index (χ2n) is 3.29. The van der Waals surface area contributed by atoms with Crippen molar-refractivity contribution < 1.29 is 4.79 Å². The molecule has 1 atom stereocenters. The van der Waals surface area contributed by atoms with E-state index in [1.165, 1.54) is 18.9 Å². The van der Waals surface area contributed by atoms with Gasteiger partial charge in [-0.2, -0.15) is 0 Å². The lowest BCUT2D eigenvalue weighted by molar-refractivity contribution is -0.127. The van der Waals surface area contributed by atoms with Gasteiger partial charge >= 0.3 is 0 Å². The van der Waals surface area contributed by atoms with Crippen LogP contribution in [0, 0.1) is 5.92 Å². The summed E-state index contributed by atoms with van der Waals surface area (Å²) in [5.41, 5.74) is 5.58. The second kappa shape index (κ2) is 3.72. The first-order valence-electron chi connectivity index (χ1n) is 4.30. The predicted molar refractivity (Wildman–Crippen MR) is 48.5 cm³/mol. The van der Waals surface area contributed by atoms with Crippen LogP contribution in [0.1, 0.15) is 12.8 Å². The molecule has 68 valence electrons. The van der Waals surface area contributed by atoms with Gasteiger partial charge < -0.3 is 10.6 Å². The van der Waals surface area contributed by atoms with Gasteiger partial charge in [-0.15, -0.1) is 0 Å². The van der Waals surface area contributed by atoms with E-state index in [1.807, 2.05) is 0 Å². The average molecular weight is 168 g/mol. The van der Waals surface area contributed by atoms with Crippen LogP contribution in [0.15, 0.2) is 12.7 Å². The first-order chi connectivity index (χ1) is 5.70. The Hall–Kier alpha value is -0.830. The third-order valence-electron chi connectivity index (χ3n) is 2.43. The van der Waals surface area contributed by atoms with Crippen molar-refractivity contribution in [3.8, 4) is 0 Å². The number of nitrogens with zero attached hydrogens (tertiary/aromatic N) is 1. The maximum Gasteiger partial charge on any atom is 0.245 e. The molecule has 1 rings (SSSR count). The highest BCUT2D eigenvalue weighted by Crippen LogP contribution is 2.34. The number of nitrogens with two attached hydrogens (primary N) is 1. The number of hydrogen-bond acceptors (Lipinski definition) is 2. The number of rotatable bonds is 4. The second-order valence-corrected chi connectivity index (χ2v) is 3.29. The van der Waals surface area contributed by atoms with Crippen LogP contribution in [0.25, 0.3) is 0 Å². The van der Waals surface area contributed by atoms with E-state index >= 15 is 0 Å². The third kappa shape index (κ3) is 1.85. The number of carbonyl (C=O) groups is 1. The molecule has 0 bridgehead atoms. The summed E-state index contributed by atoms with van der Waals surface area (Å²) < 4.78 is 0. The van der Waals surface area contributed by atoms with Gasteiger partial charge in [-0.25, -0.2) is 0 Å². The molecule has 12 heavy (non-hydrogen) atoms. The fraction of sp³-hybridized carbons (Fsp3) is 0.667. The topological polar surface area (TPSA) is 46.3 Å². The Bertz CT molecular complexity index is 187. The summed E-state index contributed by atoms with van der Waals surface area (Å²) in [5.74, 6) is 0.598. The van der Waals surface area contributed by atoms with Gasteiger partial charge in [0.2, 0.25) is 5.91 Å². The molecule has 2 N–H and O–H groups in total. The van der Waals surface area contributed by atoms with Gasteiger partial charge in [0.25, 0.3) is 0 Å². The monoisotopic (exact) mass is 168 g/mol. The normalized spacial score (nSPS) is 18.5. The van der Waals surface area contributed by atoms with Crippen molar-refractivity contribution in [2.75, 3.05) is 13.6 Å². The van der Waals surface area contributed by atoms with E-state index in [9.17, 15) is 4.79 Å². The van der Waals surface area contributed by atoms with Crippen molar-refractivity contribution in [2.24, 2.45) is 11.7 Å². The SMILES string of the molecule is C=CC(=O)N(C)C(CN)C1CC1. The molecule has 1 aliphatic carbocycles. The Kier molecular flexibility index (Phi) is 2.87. The van der Waals surface area contributed by atoms with E-state index in [1.54, 1.807) is 11.9 Å². The van der Waals surface area contributed by atoms with Crippen molar-refractivity contribution in [1.82, 2.24) is 4.90 Å². The van der Waals surface area contributed by atoms with Gasteiger partial charge in [-0.3, -0.25) is 4.79 Å².